The highest BCUT2D eigenvalue weighted by Gasteiger charge is 2.04. The van der Waals surface area contributed by atoms with Crippen LogP contribution in [0.2, 0.25) is 0 Å². The molecule has 0 radical (unpaired) electrons. The highest BCUT2D eigenvalue weighted by atomic mass is 19.1. The maximum atomic E-state index is 13.1. The van der Waals surface area contributed by atoms with Gasteiger partial charge in [0.2, 0.25) is 0 Å². The second-order valence-corrected chi connectivity index (χ2v) is 4.14. The number of pyridine rings is 1. The molecular weight excluding hydrogens is 234 g/mol. The van der Waals surface area contributed by atoms with Crippen LogP contribution in [0.25, 0.3) is 11.0 Å². The monoisotopic (exact) mass is 244 g/mol. The summed E-state index contributed by atoms with van der Waals surface area (Å²) >= 11 is 0. The Kier molecular flexibility index (Phi) is 2.55. The van der Waals surface area contributed by atoms with Gasteiger partial charge in [-0.15, -0.1) is 0 Å². The van der Waals surface area contributed by atoms with Crippen molar-refractivity contribution in [3.8, 4) is 0 Å². The van der Waals surface area contributed by atoms with E-state index in [1.165, 1.54) is 24.4 Å². The zero-order valence-electron chi connectivity index (χ0n) is 9.48. The van der Waals surface area contributed by atoms with Gasteiger partial charge in [0.25, 0.3) is 0 Å². The molecule has 0 saturated carbocycles. The number of nitrogens with zero attached hydrogens (tertiary/aromatic N) is 2. The van der Waals surface area contributed by atoms with Crippen LogP contribution in [0, 0.1) is 11.6 Å². The Morgan fingerprint density at radius 2 is 1.94 bits per heavy atom. The summed E-state index contributed by atoms with van der Waals surface area (Å²) in [7, 11) is 0. The maximum absolute atomic E-state index is 13.1. The Morgan fingerprint density at radius 3 is 2.78 bits per heavy atom. The van der Waals surface area contributed by atoms with E-state index >= 15 is 0 Å². The van der Waals surface area contributed by atoms with E-state index < -0.39 is 0 Å². The Morgan fingerprint density at radius 1 is 1.06 bits per heavy atom. The van der Waals surface area contributed by atoms with Crippen LogP contribution in [-0.2, 0) is 6.54 Å². The number of fused-ring (bicyclic) bond motifs is 1. The first-order valence-electron chi connectivity index (χ1n) is 5.57. The van der Waals surface area contributed by atoms with Gasteiger partial charge in [0.15, 0.2) is 0 Å². The summed E-state index contributed by atoms with van der Waals surface area (Å²) in [6.07, 6.45) is 3.01. The molecule has 0 aliphatic carbocycles. The second-order valence-electron chi connectivity index (χ2n) is 4.14. The first kappa shape index (κ1) is 10.9. The molecule has 3 rings (SSSR count). The van der Waals surface area contributed by atoms with Crippen LogP contribution in [0.1, 0.15) is 5.56 Å². The Labute approximate surface area is 103 Å². The fourth-order valence-electron chi connectivity index (χ4n) is 2.01. The SMILES string of the molecule is Fc1cccc(Cn2ccc3cc(F)cnc32)c1. The zero-order chi connectivity index (χ0) is 12.5. The molecule has 0 spiro atoms. The van der Waals surface area contributed by atoms with E-state index in [2.05, 4.69) is 4.98 Å². The fourth-order valence-corrected chi connectivity index (χ4v) is 2.01. The molecule has 0 bridgehead atoms. The second kappa shape index (κ2) is 4.22. The van der Waals surface area contributed by atoms with Crippen LogP contribution in [0.3, 0.4) is 0 Å². The van der Waals surface area contributed by atoms with Gasteiger partial charge in [0.05, 0.1) is 6.20 Å². The van der Waals surface area contributed by atoms with Gasteiger partial charge in [-0.25, -0.2) is 13.8 Å². The van der Waals surface area contributed by atoms with Gasteiger partial charge in [0.1, 0.15) is 17.3 Å². The lowest BCUT2D eigenvalue weighted by Gasteiger charge is -2.05. The van der Waals surface area contributed by atoms with Crippen molar-refractivity contribution in [2.75, 3.05) is 0 Å². The van der Waals surface area contributed by atoms with Gasteiger partial charge >= 0.3 is 0 Å². The Bertz CT molecular complexity index is 704. The van der Waals surface area contributed by atoms with Crippen molar-refractivity contribution in [2.24, 2.45) is 0 Å². The highest BCUT2D eigenvalue weighted by molar-refractivity contribution is 5.75. The van der Waals surface area contributed by atoms with Crippen LogP contribution in [0.4, 0.5) is 8.78 Å². The molecule has 0 atom stereocenters. The van der Waals surface area contributed by atoms with Gasteiger partial charge in [-0.1, -0.05) is 12.1 Å². The summed E-state index contributed by atoms with van der Waals surface area (Å²) in [6, 6.07) is 9.64. The third-order valence-corrected chi connectivity index (χ3v) is 2.81. The minimum Gasteiger partial charge on any atom is -0.328 e. The van der Waals surface area contributed by atoms with Crippen molar-refractivity contribution in [1.29, 1.82) is 0 Å². The molecule has 0 unspecified atom stereocenters. The minimum atomic E-state index is -0.356. The molecule has 2 aromatic heterocycles. The lowest BCUT2D eigenvalue weighted by atomic mass is 10.2. The summed E-state index contributed by atoms with van der Waals surface area (Å²) < 4.78 is 28.0. The Hall–Kier alpha value is -2.23. The van der Waals surface area contributed by atoms with Crippen LogP contribution >= 0.6 is 0 Å². The van der Waals surface area contributed by atoms with Gasteiger partial charge in [-0.3, -0.25) is 0 Å². The van der Waals surface area contributed by atoms with E-state index in [1.54, 1.807) is 12.1 Å². The number of hydrogen-bond acceptors (Lipinski definition) is 1. The molecule has 0 aliphatic heterocycles. The minimum absolute atomic E-state index is 0.261. The largest absolute Gasteiger partial charge is 0.328 e. The molecule has 18 heavy (non-hydrogen) atoms. The number of halogens is 2. The molecule has 0 fully saturated rings. The van der Waals surface area contributed by atoms with E-state index in [1.807, 2.05) is 16.8 Å². The number of rotatable bonds is 2. The van der Waals surface area contributed by atoms with Gasteiger partial charge < -0.3 is 4.57 Å². The maximum Gasteiger partial charge on any atom is 0.142 e. The highest BCUT2D eigenvalue weighted by Crippen LogP contribution is 2.16. The van der Waals surface area contributed by atoms with Gasteiger partial charge in [0, 0.05) is 18.1 Å². The van der Waals surface area contributed by atoms with Crippen LogP contribution < -0.4 is 0 Å². The van der Waals surface area contributed by atoms with Gasteiger partial charge in [-0.2, -0.15) is 0 Å². The van der Waals surface area contributed by atoms with Crippen molar-refractivity contribution in [1.82, 2.24) is 9.55 Å². The standard InChI is InChI=1S/C14H10F2N2/c15-12-3-1-2-10(6-12)9-18-5-4-11-7-13(16)8-17-14(11)18/h1-8H,9H2. The van der Waals surface area contributed by atoms with Crippen molar-refractivity contribution in [2.45, 2.75) is 6.54 Å². The van der Waals surface area contributed by atoms with E-state index in [4.69, 9.17) is 0 Å². The first-order valence-corrected chi connectivity index (χ1v) is 5.57. The predicted octanol–water partition coefficient (Wildman–Crippen LogP) is 3.36. The van der Waals surface area contributed by atoms with E-state index in [9.17, 15) is 8.78 Å². The lowest BCUT2D eigenvalue weighted by Crippen LogP contribution is -1.99. The lowest BCUT2D eigenvalue weighted by molar-refractivity contribution is 0.622. The molecule has 3 aromatic rings. The summed E-state index contributed by atoms with van der Waals surface area (Å²) in [4.78, 5) is 4.05. The molecule has 1 aromatic carbocycles. The van der Waals surface area contributed by atoms with Crippen molar-refractivity contribution < 1.29 is 8.78 Å². The molecule has 0 amide bonds. The average Bonchev–Trinajstić information content (AvgIpc) is 2.72. The normalized spacial score (nSPS) is 11.0. The number of aromatic nitrogens is 2. The molecule has 2 nitrogen and oxygen atoms in total. The average molecular weight is 244 g/mol. The zero-order valence-corrected chi connectivity index (χ0v) is 9.48. The molecule has 0 aliphatic rings. The molecule has 90 valence electrons. The van der Waals surface area contributed by atoms with Crippen LogP contribution in [-0.4, -0.2) is 9.55 Å². The quantitative estimate of drug-likeness (QED) is 0.675. The summed E-state index contributed by atoms with van der Waals surface area (Å²) in [5.41, 5.74) is 1.54. The number of benzene rings is 1. The smallest absolute Gasteiger partial charge is 0.142 e. The molecular formula is C14H10F2N2. The molecule has 2 heterocycles. The third-order valence-electron chi connectivity index (χ3n) is 2.81. The molecule has 4 heteroatoms. The van der Waals surface area contributed by atoms with E-state index in [-0.39, 0.29) is 11.6 Å². The summed E-state index contributed by atoms with van der Waals surface area (Å²) in [5, 5.41) is 0.742. The number of hydrogen-bond donors (Lipinski definition) is 0. The van der Waals surface area contributed by atoms with Crippen molar-refractivity contribution in [3.05, 3.63) is 66.0 Å². The van der Waals surface area contributed by atoms with E-state index in [0.717, 1.165) is 10.9 Å². The van der Waals surface area contributed by atoms with Crippen LogP contribution in [0.5, 0.6) is 0 Å². The topological polar surface area (TPSA) is 17.8 Å². The molecule has 0 N–H and O–H groups in total. The van der Waals surface area contributed by atoms with E-state index in [0.29, 0.717) is 12.2 Å². The van der Waals surface area contributed by atoms with Crippen molar-refractivity contribution in [3.63, 3.8) is 0 Å². The predicted molar refractivity (Wildman–Crippen MR) is 65.2 cm³/mol. The third kappa shape index (κ3) is 1.97. The fraction of sp³-hybridized carbons (Fsp3) is 0.0714. The first-order chi connectivity index (χ1) is 8.72. The molecule has 0 saturated heterocycles. The van der Waals surface area contributed by atoms with Gasteiger partial charge in [-0.05, 0) is 29.8 Å². The van der Waals surface area contributed by atoms with Crippen molar-refractivity contribution >= 4 is 11.0 Å². The summed E-state index contributed by atoms with van der Waals surface area (Å²) in [5.74, 6) is -0.617. The summed E-state index contributed by atoms with van der Waals surface area (Å²) in [6.45, 7) is 0.514. The van der Waals surface area contributed by atoms with Crippen LogP contribution in [0.15, 0.2) is 48.8 Å². The Balaban J connectivity index is 2.00.